The Balaban J connectivity index is 1.92. The molecule has 0 aliphatic carbocycles. The van der Waals surface area contributed by atoms with Crippen LogP contribution in [0.3, 0.4) is 0 Å². The largest absolute Gasteiger partial charge is 0.497 e. The number of pyridine rings is 1. The van der Waals surface area contributed by atoms with Gasteiger partial charge in [-0.15, -0.1) is 0 Å². The van der Waals surface area contributed by atoms with Crippen molar-refractivity contribution in [2.45, 2.75) is 6.42 Å². The van der Waals surface area contributed by atoms with Crippen LogP contribution in [0, 0.1) is 0 Å². The van der Waals surface area contributed by atoms with E-state index in [9.17, 15) is 4.79 Å². The molecule has 0 fully saturated rings. The summed E-state index contributed by atoms with van der Waals surface area (Å²) in [6.45, 7) is 0.567. The fourth-order valence-corrected chi connectivity index (χ4v) is 2.04. The first-order chi connectivity index (χ1) is 10.2. The maximum atomic E-state index is 12.1. The molecular formula is C16H19N3O2. The average molecular weight is 285 g/mol. The molecule has 0 saturated carbocycles. The maximum absolute atomic E-state index is 12.1. The van der Waals surface area contributed by atoms with Crippen molar-refractivity contribution in [1.82, 2.24) is 10.3 Å². The van der Waals surface area contributed by atoms with Crippen LogP contribution in [0.15, 0.2) is 42.7 Å². The molecule has 0 aliphatic rings. The van der Waals surface area contributed by atoms with Gasteiger partial charge in [0.15, 0.2) is 0 Å². The summed E-state index contributed by atoms with van der Waals surface area (Å²) >= 11 is 0. The Labute approximate surface area is 124 Å². The molecule has 0 bridgehead atoms. The fourth-order valence-electron chi connectivity index (χ4n) is 2.04. The van der Waals surface area contributed by atoms with E-state index in [4.69, 9.17) is 4.74 Å². The van der Waals surface area contributed by atoms with Crippen molar-refractivity contribution < 1.29 is 9.53 Å². The minimum absolute atomic E-state index is 0.107. The lowest BCUT2D eigenvalue weighted by atomic mass is 10.1. The van der Waals surface area contributed by atoms with Gasteiger partial charge in [0.2, 0.25) is 0 Å². The van der Waals surface area contributed by atoms with Crippen LogP contribution < -0.4 is 15.4 Å². The third-order valence-electron chi connectivity index (χ3n) is 3.17. The molecule has 2 aromatic rings. The predicted octanol–water partition coefficient (Wildman–Crippen LogP) is 2.10. The van der Waals surface area contributed by atoms with Gasteiger partial charge in [0.25, 0.3) is 5.91 Å². The first-order valence-corrected chi connectivity index (χ1v) is 6.77. The molecule has 0 saturated heterocycles. The van der Waals surface area contributed by atoms with Gasteiger partial charge >= 0.3 is 0 Å². The van der Waals surface area contributed by atoms with Gasteiger partial charge < -0.3 is 15.4 Å². The summed E-state index contributed by atoms with van der Waals surface area (Å²) in [4.78, 5) is 16.1. The topological polar surface area (TPSA) is 63.2 Å². The van der Waals surface area contributed by atoms with Gasteiger partial charge in [-0.2, -0.15) is 0 Å². The van der Waals surface area contributed by atoms with Crippen molar-refractivity contribution >= 4 is 11.6 Å². The van der Waals surface area contributed by atoms with E-state index in [-0.39, 0.29) is 5.91 Å². The van der Waals surface area contributed by atoms with Gasteiger partial charge in [-0.05, 0) is 30.2 Å². The second-order valence-corrected chi connectivity index (χ2v) is 4.53. The Kier molecular flexibility index (Phi) is 5.15. The number of nitrogens with zero attached hydrogens (tertiary/aromatic N) is 1. The number of amides is 1. The molecule has 0 unspecified atom stereocenters. The van der Waals surface area contributed by atoms with E-state index in [2.05, 4.69) is 15.6 Å². The highest BCUT2D eigenvalue weighted by Gasteiger charge is 2.09. The first kappa shape index (κ1) is 14.8. The van der Waals surface area contributed by atoms with Crippen molar-refractivity contribution in [2.24, 2.45) is 0 Å². The van der Waals surface area contributed by atoms with E-state index in [0.717, 1.165) is 23.4 Å². The molecule has 0 spiro atoms. The van der Waals surface area contributed by atoms with Crippen LogP contribution >= 0.6 is 0 Å². The van der Waals surface area contributed by atoms with Crippen LogP contribution in [-0.4, -0.2) is 31.6 Å². The SMILES string of the molecule is CNc1cnccc1C(=O)NCCc1cccc(OC)c1. The van der Waals surface area contributed by atoms with E-state index >= 15 is 0 Å². The van der Waals surface area contributed by atoms with E-state index in [1.54, 1.807) is 32.6 Å². The van der Waals surface area contributed by atoms with Gasteiger partial charge in [0.05, 0.1) is 24.6 Å². The zero-order valence-corrected chi connectivity index (χ0v) is 12.2. The van der Waals surface area contributed by atoms with Gasteiger partial charge in [0.1, 0.15) is 5.75 Å². The summed E-state index contributed by atoms with van der Waals surface area (Å²) in [6, 6.07) is 9.53. The van der Waals surface area contributed by atoms with Crippen LogP contribution in [0.1, 0.15) is 15.9 Å². The minimum atomic E-state index is -0.107. The molecule has 5 heteroatoms. The smallest absolute Gasteiger partial charge is 0.253 e. The third-order valence-corrected chi connectivity index (χ3v) is 3.17. The number of hydrogen-bond donors (Lipinski definition) is 2. The Morgan fingerprint density at radius 2 is 2.19 bits per heavy atom. The number of carbonyl (C=O) groups is 1. The zero-order valence-electron chi connectivity index (χ0n) is 12.2. The van der Waals surface area contributed by atoms with E-state index in [1.807, 2.05) is 24.3 Å². The summed E-state index contributed by atoms with van der Waals surface area (Å²) in [5.74, 6) is 0.718. The molecule has 1 amide bonds. The molecule has 110 valence electrons. The normalized spacial score (nSPS) is 10.0. The lowest BCUT2D eigenvalue weighted by Gasteiger charge is -2.09. The summed E-state index contributed by atoms with van der Waals surface area (Å²) in [7, 11) is 3.41. The first-order valence-electron chi connectivity index (χ1n) is 6.77. The molecule has 0 radical (unpaired) electrons. The third kappa shape index (κ3) is 3.95. The van der Waals surface area contributed by atoms with E-state index < -0.39 is 0 Å². The van der Waals surface area contributed by atoms with E-state index in [0.29, 0.717) is 12.1 Å². The maximum Gasteiger partial charge on any atom is 0.253 e. The molecule has 0 aliphatic heterocycles. The minimum Gasteiger partial charge on any atom is -0.497 e. The van der Waals surface area contributed by atoms with Crippen molar-refractivity contribution in [3.05, 3.63) is 53.9 Å². The molecule has 1 aromatic heterocycles. The highest BCUT2D eigenvalue weighted by molar-refractivity contribution is 5.99. The van der Waals surface area contributed by atoms with Gasteiger partial charge in [-0.1, -0.05) is 12.1 Å². The number of ether oxygens (including phenoxy) is 1. The van der Waals surface area contributed by atoms with Crippen LogP contribution in [0.2, 0.25) is 0 Å². The van der Waals surface area contributed by atoms with Gasteiger partial charge in [0, 0.05) is 19.8 Å². The predicted molar refractivity (Wildman–Crippen MR) is 82.8 cm³/mol. The number of rotatable bonds is 6. The summed E-state index contributed by atoms with van der Waals surface area (Å²) in [5.41, 5.74) is 2.44. The number of nitrogens with one attached hydrogen (secondary N) is 2. The molecular weight excluding hydrogens is 266 g/mol. The second-order valence-electron chi connectivity index (χ2n) is 4.53. The summed E-state index contributed by atoms with van der Waals surface area (Å²) < 4.78 is 5.18. The molecule has 21 heavy (non-hydrogen) atoms. The summed E-state index contributed by atoms with van der Waals surface area (Å²) in [5, 5.41) is 5.87. The molecule has 1 aromatic carbocycles. The standard InChI is InChI=1S/C16H19N3O2/c1-17-15-11-18-8-7-14(15)16(20)19-9-6-12-4-3-5-13(10-12)21-2/h3-5,7-8,10-11,17H,6,9H2,1-2H3,(H,19,20). The van der Waals surface area contributed by atoms with Crippen molar-refractivity contribution in [2.75, 3.05) is 26.0 Å². The molecule has 1 heterocycles. The monoisotopic (exact) mass is 285 g/mol. The second kappa shape index (κ2) is 7.28. The van der Waals surface area contributed by atoms with Crippen LogP contribution in [-0.2, 0) is 6.42 Å². The van der Waals surface area contributed by atoms with Crippen molar-refractivity contribution in [3.8, 4) is 5.75 Å². The van der Waals surface area contributed by atoms with Crippen LogP contribution in [0.4, 0.5) is 5.69 Å². The summed E-state index contributed by atoms with van der Waals surface area (Å²) in [6.07, 6.45) is 4.00. The van der Waals surface area contributed by atoms with Crippen LogP contribution in [0.5, 0.6) is 5.75 Å². The van der Waals surface area contributed by atoms with Crippen molar-refractivity contribution in [1.29, 1.82) is 0 Å². The number of anilines is 1. The number of aromatic nitrogens is 1. The number of methoxy groups -OCH3 is 1. The Morgan fingerprint density at radius 3 is 2.95 bits per heavy atom. The van der Waals surface area contributed by atoms with Crippen LogP contribution in [0.25, 0.3) is 0 Å². The number of benzene rings is 1. The van der Waals surface area contributed by atoms with Gasteiger partial charge in [-0.25, -0.2) is 0 Å². The highest BCUT2D eigenvalue weighted by atomic mass is 16.5. The molecule has 5 nitrogen and oxygen atoms in total. The fraction of sp³-hybridized carbons (Fsp3) is 0.250. The quantitative estimate of drug-likeness (QED) is 0.853. The Hall–Kier alpha value is -2.56. The lowest BCUT2D eigenvalue weighted by molar-refractivity contribution is 0.0955. The van der Waals surface area contributed by atoms with Crippen molar-refractivity contribution in [3.63, 3.8) is 0 Å². The van der Waals surface area contributed by atoms with E-state index in [1.165, 1.54) is 0 Å². The van der Waals surface area contributed by atoms with Gasteiger partial charge in [-0.3, -0.25) is 9.78 Å². The molecule has 2 rings (SSSR count). The Morgan fingerprint density at radius 1 is 1.33 bits per heavy atom. The number of hydrogen-bond acceptors (Lipinski definition) is 4. The number of carbonyl (C=O) groups excluding carboxylic acids is 1. The molecule has 2 N–H and O–H groups in total. The molecule has 0 atom stereocenters. The lowest BCUT2D eigenvalue weighted by Crippen LogP contribution is -2.26. The Bertz CT molecular complexity index is 614. The zero-order chi connectivity index (χ0) is 15.1. The highest BCUT2D eigenvalue weighted by Crippen LogP contribution is 2.14. The average Bonchev–Trinajstić information content (AvgIpc) is 2.55.